The van der Waals surface area contributed by atoms with Crippen molar-refractivity contribution in [2.75, 3.05) is 6.54 Å². The van der Waals surface area contributed by atoms with Crippen LogP contribution < -0.4 is 0 Å². The van der Waals surface area contributed by atoms with Crippen LogP contribution in [0.1, 0.15) is 37.5 Å². The fraction of sp³-hybridized carbons (Fsp3) is 0.533. The average Bonchev–Trinajstić information content (AvgIpc) is 2.24. The molecule has 0 aliphatic carbocycles. The largest absolute Gasteiger partial charge is 0.480 e. The van der Waals surface area contributed by atoms with Crippen LogP contribution in [0, 0.1) is 13.8 Å². The van der Waals surface area contributed by atoms with Gasteiger partial charge < -0.3 is 5.11 Å². The first kappa shape index (κ1) is 14.7. The molecule has 0 heterocycles. The van der Waals surface area contributed by atoms with Gasteiger partial charge >= 0.3 is 5.97 Å². The molecule has 1 aromatic rings. The summed E-state index contributed by atoms with van der Waals surface area (Å²) < 4.78 is 0. The Morgan fingerprint density at radius 3 is 2.11 bits per heavy atom. The third-order valence-electron chi connectivity index (χ3n) is 3.35. The molecule has 0 fully saturated rings. The van der Waals surface area contributed by atoms with E-state index in [1.165, 1.54) is 16.7 Å². The van der Waals surface area contributed by atoms with Gasteiger partial charge in [-0.1, -0.05) is 36.2 Å². The van der Waals surface area contributed by atoms with E-state index in [0.717, 1.165) is 0 Å². The summed E-state index contributed by atoms with van der Waals surface area (Å²) >= 11 is 0. The minimum atomic E-state index is -0.841. The molecule has 3 heteroatoms. The van der Waals surface area contributed by atoms with Crippen LogP contribution in [0.2, 0.25) is 0 Å². The number of hydrogen-bond acceptors (Lipinski definition) is 2. The van der Waals surface area contributed by atoms with E-state index in [9.17, 15) is 9.90 Å². The van der Waals surface area contributed by atoms with E-state index in [1.807, 2.05) is 11.8 Å². The van der Waals surface area contributed by atoms with Crippen LogP contribution in [0.3, 0.4) is 0 Å². The highest BCUT2D eigenvalue weighted by molar-refractivity contribution is 5.77. The van der Waals surface area contributed by atoms with Crippen LogP contribution in [0.25, 0.3) is 0 Å². The van der Waals surface area contributed by atoms with Crippen molar-refractivity contribution in [1.82, 2.24) is 4.90 Å². The van der Waals surface area contributed by atoms with Crippen molar-refractivity contribution >= 4 is 5.97 Å². The van der Waals surface area contributed by atoms with Crippen molar-refractivity contribution in [2.45, 2.75) is 46.7 Å². The molecule has 0 aliphatic heterocycles. The second-order valence-corrected chi connectivity index (χ2v) is 5.37. The lowest BCUT2D eigenvalue weighted by molar-refractivity contribution is -0.149. The van der Waals surface area contributed by atoms with Gasteiger partial charge in [0.05, 0.1) is 0 Å². The second kappa shape index (κ2) is 5.53. The Morgan fingerprint density at radius 1 is 1.22 bits per heavy atom. The van der Waals surface area contributed by atoms with Gasteiger partial charge in [-0.2, -0.15) is 0 Å². The topological polar surface area (TPSA) is 40.5 Å². The Balaban J connectivity index is 2.96. The Bertz CT molecular complexity index is 418. The molecule has 3 nitrogen and oxygen atoms in total. The van der Waals surface area contributed by atoms with Crippen LogP contribution in [0.15, 0.2) is 18.2 Å². The van der Waals surface area contributed by atoms with E-state index < -0.39 is 11.5 Å². The second-order valence-electron chi connectivity index (χ2n) is 5.37. The molecule has 0 atom stereocenters. The summed E-state index contributed by atoms with van der Waals surface area (Å²) in [7, 11) is 0. The molecule has 0 aliphatic rings. The van der Waals surface area contributed by atoms with Gasteiger partial charge in [0.25, 0.3) is 0 Å². The highest BCUT2D eigenvalue weighted by Gasteiger charge is 2.33. The Hall–Kier alpha value is -1.35. The maximum absolute atomic E-state index is 11.3. The first-order valence-corrected chi connectivity index (χ1v) is 6.33. The van der Waals surface area contributed by atoms with Gasteiger partial charge in [0, 0.05) is 6.54 Å². The standard InChI is InChI=1S/C15H23NO2/c1-6-16(15(4,5)14(17)18)10-13-8-11(2)7-12(3)9-13/h7-9H,6,10H2,1-5H3,(H,17,18). The Kier molecular flexibility index (Phi) is 4.52. The fourth-order valence-electron chi connectivity index (χ4n) is 2.22. The van der Waals surface area contributed by atoms with Crippen molar-refractivity contribution in [2.24, 2.45) is 0 Å². The smallest absolute Gasteiger partial charge is 0.323 e. The number of carboxylic acid groups (broad SMARTS) is 1. The third-order valence-corrected chi connectivity index (χ3v) is 3.35. The Morgan fingerprint density at radius 2 is 1.72 bits per heavy atom. The quantitative estimate of drug-likeness (QED) is 0.872. The number of hydrogen-bond donors (Lipinski definition) is 1. The molecule has 0 aromatic heterocycles. The fourth-order valence-corrected chi connectivity index (χ4v) is 2.22. The molecule has 1 N–H and O–H groups in total. The Labute approximate surface area is 109 Å². The van der Waals surface area contributed by atoms with Crippen molar-refractivity contribution < 1.29 is 9.90 Å². The highest BCUT2D eigenvalue weighted by Crippen LogP contribution is 2.19. The zero-order valence-electron chi connectivity index (χ0n) is 11.9. The zero-order valence-corrected chi connectivity index (χ0v) is 11.9. The van der Waals surface area contributed by atoms with Crippen LogP contribution in [0.5, 0.6) is 0 Å². The summed E-state index contributed by atoms with van der Waals surface area (Å²) in [5.74, 6) is -0.784. The molecule has 0 unspecified atom stereocenters. The average molecular weight is 249 g/mol. The lowest BCUT2D eigenvalue weighted by atomic mass is 10.0. The first-order chi connectivity index (χ1) is 8.27. The molecule has 0 bridgehead atoms. The van der Waals surface area contributed by atoms with Gasteiger partial charge in [0.15, 0.2) is 0 Å². The molecular weight excluding hydrogens is 226 g/mol. The summed E-state index contributed by atoms with van der Waals surface area (Å²) in [6.07, 6.45) is 0. The van der Waals surface area contributed by atoms with E-state index in [0.29, 0.717) is 13.1 Å². The van der Waals surface area contributed by atoms with E-state index in [4.69, 9.17) is 0 Å². The number of carbonyl (C=O) groups is 1. The van der Waals surface area contributed by atoms with Crippen molar-refractivity contribution in [3.8, 4) is 0 Å². The van der Waals surface area contributed by atoms with Gasteiger partial charge in [0.2, 0.25) is 0 Å². The number of nitrogens with zero attached hydrogens (tertiary/aromatic N) is 1. The van der Waals surface area contributed by atoms with Gasteiger partial charge in [-0.15, -0.1) is 0 Å². The summed E-state index contributed by atoms with van der Waals surface area (Å²) in [6, 6.07) is 6.36. The summed E-state index contributed by atoms with van der Waals surface area (Å²) in [4.78, 5) is 13.3. The van der Waals surface area contributed by atoms with Gasteiger partial charge in [0.1, 0.15) is 5.54 Å². The molecule has 100 valence electrons. The summed E-state index contributed by atoms with van der Waals surface area (Å²) in [6.45, 7) is 11.0. The lowest BCUT2D eigenvalue weighted by Gasteiger charge is -2.34. The predicted molar refractivity (Wildman–Crippen MR) is 73.7 cm³/mol. The molecule has 1 rings (SSSR count). The molecule has 0 amide bonds. The number of aliphatic carboxylic acids is 1. The molecule has 0 spiro atoms. The first-order valence-electron chi connectivity index (χ1n) is 6.33. The SMILES string of the molecule is CCN(Cc1cc(C)cc(C)c1)C(C)(C)C(=O)O. The highest BCUT2D eigenvalue weighted by atomic mass is 16.4. The maximum Gasteiger partial charge on any atom is 0.323 e. The number of benzene rings is 1. The summed E-state index contributed by atoms with van der Waals surface area (Å²) in [5, 5.41) is 9.29. The zero-order chi connectivity index (χ0) is 13.9. The predicted octanol–water partition coefficient (Wildman–Crippen LogP) is 2.99. The molecule has 0 saturated heterocycles. The molecular formula is C15H23NO2. The van der Waals surface area contributed by atoms with E-state index in [-0.39, 0.29) is 0 Å². The van der Waals surface area contributed by atoms with Crippen molar-refractivity contribution in [1.29, 1.82) is 0 Å². The number of aryl methyl sites for hydroxylation is 2. The monoisotopic (exact) mass is 249 g/mol. The van der Waals surface area contributed by atoms with Crippen molar-refractivity contribution in [3.63, 3.8) is 0 Å². The van der Waals surface area contributed by atoms with Crippen molar-refractivity contribution in [3.05, 3.63) is 34.9 Å². The summed E-state index contributed by atoms with van der Waals surface area (Å²) in [5.41, 5.74) is 2.76. The normalized spacial score (nSPS) is 11.9. The lowest BCUT2D eigenvalue weighted by Crippen LogP contribution is -2.49. The molecule has 0 radical (unpaired) electrons. The number of likely N-dealkylation sites (N-methyl/N-ethyl adjacent to an activating group) is 1. The minimum Gasteiger partial charge on any atom is -0.480 e. The van der Waals surface area contributed by atoms with E-state index >= 15 is 0 Å². The number of rotatable bonds is 5. The number of carboxylic acids is 1. The molecule has 0 saturated carbocycles. The van der Waals surface area contributed by atoms with E-state index in [1.54, 1.807) is 13.8 Å². The van der Waals surface area contributed by atoms with Gasteiger partial charge in [-0.3, -0.25) is 9.69 Å². The maximum atomic E-state index is 11.3. The van der Waals surface area contributed by atoms with E-state index in [2.05, 4.69) is 32.0 Å². The van der Waals surface area contributed by atoms with Crippen LogP contribution in [0.4, 0.5) is 0 Å². The van der Waals surface area contributed by atoms with Crippen LogP contribution in [-0.4, -0.2) is 28.1 Å². The van der Waals surface area contributed by atoms with Crippen LogP contribution in [-0.2, 0) is 11.3 Å². The van der Waals surface area contributed by atoms with Gasteiger partial charge in [-0.25, -0.2) is 0 Å². The molecule has 18 heavy (non-hydrogen) atoms. The third kappa shape index (κ3) is 3.33. The minimum absolute atomic E-state index is 0.665. The van der Waals surface area contributed by atoms with Crippen LogP contribution >= 0.6 is 0 Å². The van der Waals surface area contributed by atoms with Gasteiger partial charge in [-0.05, 0) is 39.8 Å². The molecule has 1 aromatic carbocycles.